The molecule has 1 atom stereocenters. The number of nitrogens with two attached hydrogens (primary N) is 1. The van der Waals surface area contributed by atoms with Crippen LogP contribution in [0.2, 0.25) is 0 Å². The molecule has 0 heterocycles. The lowest BCUT2D eigenvalue weighted by molar-refractivity contribution is -0.116. The fourth-order valence-electron chi connectivity index (χ4n) is 2.76. The number of carbonyl (C=O) groups excluding carboxylic acids is 2. The van der Waals surface area contributed by atoms with E-state index in [0.717, 1.165) is 12.5 Å². The topological polar surface area (TPSA) is 84.2 Å². The van der Waals surface area contributed by atoms with E-state index in [4.69, 9.17) is 5.73 Å². The molecule has 0 spiro atoms. The summed E-state index contributed by atoms with van der Waals surface area (Å²) < 4.78 is 14.2. The van der Waals surface area contributed by atoms with E-state index in [1.165, 1.54) is 12.1 Å². The third kappa shape index (κ3) is 6.82. The molecule has 1 aromatic rings. The average Bonchev–Trinajstić information content (AvgIpc) is 2.47. The predicted octanol–water partition coefficient (Wildman–Crippen LogP) is 3.30. The first-order valence-electron chi connectivity index (χ1n) is 8.68. The summed E-state index contributed by atoms with van der Waals surface area (Å²) >= 11 is 0. The molecule has 1 rings (SSSR count). The van der Waals surface area contributed by atoms with Gasteiger partial charge in [0.05, 0.1) is 5.69 Å². The predicted molar refractivity (Wildman–Crippen MR) is 98.9 cm³/mol. The van der Waals surface area contributed by atoms with Crippen LogP contribution in [0.3, 0.4) is 0 Å². The van der Waals surface area contributed by atoms with Gasteiger partial charge >= 0.3 is 0 Å². The highest BCUT2D eigenvalue weighted by molar-refractivity contribution is 5.96. The molecule has 1 aromatic carbocycles. The molecule has 0 radical (unpaired) electrons. The fraction of sp³-hybridized carbons (Fsp3) is 0.579. The highest BCUT2D eigenvalue weighted by Crippen LogP contribution is 2.19. The molecular formula is C19H30FN3O2. The van der Waals surface area contributed by atoms with Gasteiger partial charge in [-0.15, -0.1) is 0 Å². The Morgan fingerprint density at radius 2 is 1.84 bits per heavy atom. The molecule has 25 heavy (non-hydrogen) atoms. The number of amides is 2. The smallest absolute Gasteiger partial charge is 0.251 e. The van der Waals surface area contributed by atoms with Crippen molar-refractivity contribution in [1.29, 1.82) is 0 Å². The molecule has 4 N–H and O–H groups in total. The van der Waals surface area contributed by atoms with Crippen LogP contribution in [0.1, 0.15) is 57.8 Å². The first kappa shape index (κ1) is 21.1. The Labute approximate surface area is 149 Å². The minimum absolute atomic E-state index is 0.0750. The van der Waals surface area contributed by atoms with Gasteiger partial charge < -0.3 is 16.4 Å². The van der Waals surface area contributed by atoms with Crippen molar-refractivity contribution in [2.24, 2.45) is 17.6 Å². The van der Waals surface area contributed by atoms with E-state index in [2.05, 4.69) is 10.6 Å². The standard InChI is InChI=1S/C19H30FN3O2/c1-12(2)8-17(24)22-16-7-6-14(9-15(16)20)18(25)23-19(5,11-21)10-13(3)4/h6-7,9,12-13H,8,10-11,21H2,1-5H3,(H,22,24)(H,23,25). The van der Waals surface area contributed by atoms with Crippen LogP contribution < -0.4 is 16.4 Å². The van der Waals surface area contributed by atoms with Crippen LogP contribution in [-0.2, 0) is 4.79 Å². The number of rotatable bonds is 8. The van der Waals surface area contributed by atoms with Crippen molar-refractivity contribution in [3.8, 4) is 0 Å². The van der Waals surface area contributed by atoms with Crippen LogP contribution in [-0.4, -0.2) is 23.9 Å². The zero-order valence-electron chi connectivity index (χ0n) is 15.8. The van der Waals surface area contributed by atoms with Crippen LogP contribution in [0, 0.1) is 17.7 Å². The third-order valence-corrected chi connectivity index (χ3v) is 3.82. The molecule has 5 nitrogen and oxygen atoms in total. The van der Waals surface area contributed by atoms with Crippen LogP contribution in [0.4, 0.5) is 10.1 Å². The first-order chi connectivity index (χ1) is 11.6. The molecular weight excluding hydrogens is 321 g/mol. The van der Waals surface area contributed by atoms with E-state index >= 15 is 0 Å². The molecule has 0 saturated carbocycles. The lowest BCUT2D eigenvalue weighted by Gasteiger charge is -2.31. The van der Waals surface area contributed by atoms with Crippen molar-refractivity contribution in [1.82, 2.24) is 5.32 Å². The summed E-state index contributed by atoms with van der Waals surface area (Å²) in [5.74, 6) is -0.721. The van der Waals surface area contributed by atoms with Crippen LogP contribution in [0.25, 0.3) is 0 Å². The number of halogens is 1. The monoisotopic (exact) mass is 351 g/mol. The minimum atomic E-state index is -0.636. The number of hydrogen-bond donors (Lipinski definition) is 3. The number of nitrogens with one attached hydrogen (secondary N) is 2. The van der Waals surface area contributed by atoms with Crippen molar-refractivity contribution in [2.75, 3.05) is 11.9 Å². The SMILES string of the molecule is CC(C)CC(=O)Nc1ccc(C(=O)NC(C)(CN)CC(C)C)cc1F. The molecule has 0 aliphatic rings. The second kappa shape index (κ2) is 8.94. The van der Waals surface area contributed by atoms with Crippen molar-refractivity contribution in [3.63, 3.8) is 0 Å². The maximum Gasteiger partial charge on any atom is 0.251 e. The Morgan fingerprint density at radius 1 is 1.20 bits per heavy atom. The lowest BCUT2D eigenvalue weighted by atomic mass is 9.90. The molecule has 1 unspecified atom stereocenters. The Balaban J connectivity index is 2.84. The molecule has 0 aliphatic carbocycles. The van der Waals surface area contributed by atoms with Gasteiger partial charge in [0.25, 0.3) is 5.91 Å². The van der Waals surface area contributed by atoms with E-state index in [1.54, 1.807) is 0 Å². The van der Waals surface area contributed by atoms with Gasteiger partial charge in [0.1, 0.15) is 5.82 Å². The van der Waals surface area contributed by atoms with Gasteiger partial charge in [-0.3, -0.25) is 9.59 Å². The summed E-state index contributed by atoms with van der Waals surface area (Å²) in [5, 5.41) is 5.41. The minimum Gasteiger partial charge on any atom is -0.346 e. The van der Waals surface area contributed by atoms with Crippen molar-refractivity contribution in [2.45, 2.75) is 53.0 Å². The van der Waals surface area contributed by atoms with Gasteiger partial charge in [-0.1, -0.05) is 27.7 Å². The van der Waals surface area contributed by atoms with E-state index in [9.17, 15) is 14.0 Å². The van der Waals surface area contributed by atoms with Crippen molar-refractivity contribution < 1.29 is 14.0 Å². The molecule has 2 amide bonds. The molecule has 0 saturated heterocycles. The second-order valence-corrected chi connectivity index (χ2v) is 7.66. The normalized spacial score (nSPS) is 13.6. The summed E-state index contributed by atoms with van der Waals surface area (Å²) in [6.45, 7) is 10.1. The highest BCUT2D eigenvalue weighted by atomic mass is 19.1. The van der Waals surface area contributed by atoms with Gasteiger partial charge in [0, 0.05) is 24.1 Å². The Morgan fingerprint density at radius 3 is 2.32 bits per heavy atom. The Hall–Kier alpha value is -1.95. The maximum absolute atomic E-state index is 14.2. The lowest BCUT2D eigenvalue weighted by Crippen LogP contribution is -2.52. The molecule has 0 aromatic heterocycles. The zero-order chi connectivity index (χ0) is 19.2. The molecule has 0 aliphatic heterocycles. The summed E-state index contributed by atoms with van der Waals surface area (Å²) in [7, 11) is 0. The third-order valence-electron chi connectivity index (χ3n) is 3.82. The van der Waals surface area contributed by atoms with Crippen LogP contribution >= 0.6 is 0 Å². The number of anilines is 1. The number of benzene rings is 1. The summed E-state index contributed by atoms with van der Waals surface area (Å²) in [4.78, 5) is 24.2. The maximum atomic E-state index is 14.2. The quantitative estimate of drug-likeness (QED) is 0.672. The number of carbonyl (C=O) groups is 2. The molecule has 0 fully saturated rings. The highest BCUT2D eigenvalue weighted by Gasteiger charge is 2.26. The van der Waals surface area contributed by atoms with E-state index in [-0.39, 0.29) is 29.0 Å². The Kier molecular flexibility index (Phi) is 7.55. The molecule has 140 valence electrons. The molecule has 6 heteroatoms. The van der Waals surface area contributed by atoms with Crippen LogP contribution in [0.5, 0.6) is 0 Å². The zero-order valence-corrected chi connectivity index (χ0v) is 15.8. The summed E-state index contributed by atoms with van der Waals surface area (Å²) in [6, 6.07) is 4.03. The van der Waals surface area contributed by atoms with Gasteiger partial charge in [-0.2, -0.15) is 0 Å². The average molecular weight is 351 g/mol. The fourth-order valence-corrected chi connectivity index (χ4v) is 2.76. The van der Waals surface area contributed by atoms with E-state index in [1.807, 2.05) is 34.6 Å². The first-order valence-corrected chi connectivity index (χ1v) is 8.68. The van der Waals surface area contributed by atoms with Gasteiger partial charge in [0.15, 0.2) is 0 Å². The second-order valence-electron chi connectivity index (χ2n) is 7.66. The van der Waals surface area contributed by atoms with Crippen molar-refractivity contribution >= 4 is 17.5 Å². The number of hydrogen-bond acceptors (Lipinski definition) is 3. The molecule has 0 bridgehead atoms. The van der Waals surface area contributed by atoms with E-state index < -0.39 is 11.4 Å². The van der Waals surface area contributed by atoms with Crippen molar-refractivity contribution in [3.05, 3.63) is 29.6 Å². The Bertz CT molecular complexity index is 617. The largest absolute Gasteiger partial charge is 0.346 e. The summed E-state index contributed by atoms with van der Waals surface area (Å²) in [6.07, 6.45) is 1.03. The summed E-state index contributed by atoms with van der Waals surface area (Å²) in [5.41, 5.74) is 5.52. The van der Waals surface area contributed by atoms with Crippen LogP contribution in [0.15, 0.2) is 18.2 Å². The van der Waals surface area contributed by atoms with E-state index in [0.29, 0.717) is 18.9 Å². The van der Waals surface area contributed by atoms with Gasteiger partial charge in [-0.05, 0) is 43.4 Å². The van der Waals surface area contributed by atoms with Gasteiger partial charge in [0.2, 0.25) is 5.91 Å². The van der Waals surface area contributed by atoms with Gasteiger partial charge in [-0.25, -0.2) is 4.39 Å².